The van der Waals surface area contributed by atoms with Crippen LogP contribution in [0, 0.1) is 0 Å². The molecule has 0 amide bonds. The Labute approximate surface area is 160 Å². The summed E-state index contributed by atoms with van der Waals surface area (Å²) in [5, 5.41) is 9.74. The third-order valence-corrected chi connectivity index (χ3v) is 5.42. The fraction of sp³-hybridized carbons (Fsp3) is 0.250. The van der Waals surface area contributed by atoms with Gasteiger partial charge in [0, 0.05) is 23.5 Å². The summed E-state index contributed by atoms with van der Waals surface area (Å²) in [5.41, 5.74) is 3.11. The average molecular weight is 360 g/mol. The van der Waals surface area contributed by atoms with Crippen LogP contribution in [0.2, 0.25) is 0 Å². The van der Waals surface area contributed by atoms with Crippen LogP contribution >= 0.6 is 0 Å². The van der Waals surface area contributed by atoms with Crippen LogP contribution in [0.15, 0.2) is 72.8 Å². The molecular weight excluding hydrogens is 336 g/mol. The van der Waals surface area contributed by atoms with E-state index in [2.05, 4.69) is 44.2 Å². The van der Waals surface area contributed by atoms with Crippen molar-refractivity contribution in [3.8, 4) is 17.2 Å². The minimum Gasteiger partial charge on any atom is -0.508 e. The van der Waals surface area contributed by atoms with E-state index in [0.29, 0.717) is 0 Å². The van der Waals surface area contributed by atoms with Gasteiger partial charge in [-0.15, -0.1) is 0 Å². The van der Waals surface area contributed by atoms with Gasteiger partial charge in [-0.2, -0.15) is 0 Å². The second kappa shape index (κ2) is 6.66. The monoisotopic (exact) mass is 360 g/mol. The maximum atomic E-state index is 9.74. The second-order valence-corrected chi connectivity index (χ2v) is 7.57. The van der Waals surface area contributed by atoms with Crippen molar-refractivity contribution in [3.63, 3.8) is 0 Å². The smallest absolute Gasteiger partial charge is 0.127 e. The van der Waals surface area contributed by atoms with E-state index in [4.69, 9.17) is 9.47 Å². The molecule has 3 aromatic rings. The largest absolute Gasteiger partial charge is 0.508 e. The summed E-state index contributed by atoms with van der Waals surface area (Å²) >= 11 is 0. The fourth-order valence-corrected chi connectivity index (χ4v) is 4.22. The summed E-state index contributed by atoms with van der Waals surface area (Å²) in [5.74, 6) is 2.17. The minimum absolute atomic E-state index is 0.0985. The van der Waals surface area contributed by atoms with Crippen molar-refractivity contribution in [2.24, 2.45) is 0 Å². The predicted octanol–water partition coefficient (Wildman–Crippen LogP) is 5.49. The number of hydrogen-bond donors (Lipinski definition) is 1. The Bertz CT molecular complexity index is 930. The van der Waals surface area contributed by atoms with Crippen LogP contribution in [0.3, 0.4) is 0 Å². The molecule has 0 aliphatic carbocycles. The molecule has 0 radical (unpaired) electrons. The van der Waals surface area contributed by atoms with Gasteiger partial charge in [-0.05, 0) is 43.2 Å². The van der Waals surface area contributed by atoms with Gasteiger partial charge in [0.25, 0.3) is 0 Å². The third-order valence-electron chi connectivity index (χ3n) is 5.42. The molecule has 3 aromatic carbocycles. The Morgan fingerprint density at radius 3 is 2.26 bits per heavy atom. The molecule has 2 atom stereocenters. The van der Waals surface area contributed by atoms with Gasteiger partial charge in [-0.1, -0.05) is 48.5 Å². The van der Waals surface area contributed by atoms with Gasteiger partial charge in [0.05, 0.1) is 7.11 Å². The third kappa shape index (κ3) is 3.14. The summed E-state index contributed by atoms with van der Waals surface area (Å²) < 4.78 is 11.9. The summed E-state index contributed by atoms with van der Waals surface area (Å²) in [6.07, 6.45) is 0. The molecule has 138 valence electrons. The van der Waals surface area contributed by atoms with Gasteiger partial charge >= 0.3 is 0 Å². The molecule has 4 rings (SSSR count). The minimum atomic E-state index is -0.434. The van der Waals surface area contributed by atoms with Crippen LogP contribution < -0.4 is 9.47 Å². The Kier molecular flexibility index (Phi) is 4.31. The Hall–Kier alpha value is -2.94. The van der Waals surface area contributed by atoms with Crippen molar-refractivity contribution in [2.45, 2.75) is 31.3 Å². The van der Waals surface area contributed by atoms with Gasteiger partial charge in [0.1, 0.15) is 22.8 Å². The zero-order valence-electron chi connectivity index (χ0n) is 15.8. The predicted molar refractivity (Wildman–Crippen MR) is 107 cm³/mol. The first-order valence-electron chi connectivity index (χ1n) is 9.20. The van der Waals surface area contributed by atoms with Crippen LogP contribution in [-0.4, -0.2) is 17.8 Å². The molecule has 1 heterocycles. The van der Waals surface area contributed by atoms with Gasteiger partial charge in [0.2, 0.25) is 0 Å². The number of ether oxygens (including phenoxy) is 2. The summed E-state index contributed by atoms with van der Waals surface area (Å²) in [7, 11) is 1.67. The number of phenols is 1. The van der Waals surface area contributed by atoms with Crippen molar-refractivity contribution in [3.05, 3.63) is 89.5 Å². The van der Waals surface area contributed by atoms with E-state index in [9.17, 15) is 5.11 Å². The number of aromatic hydroxyl groups is 1. The molecular formula is C24H24O3. The summed E-state index contributed by atoms with van der Waals surface area (Å²) in [4.78, 5) is 0. The lowest BCUT2D eigenvalue weighted by atomic mass is 9.68. The highest BCUT2D eigenvalue weighted by Gasteiger charge is 2.45. The molecule has 0 aromatic heterocycles. The molecule has 1 aliphatic heterocycles. The van der Waals surface area contributed by atoms with Crippen LogP contribution in [0.25, 0.3) is 0 Å². The van der Waals surface area contributed by atoms with E-state index in [-0.39, 0.29) is 17.6 Å². The first kappa shape index (κ1) is 17.5. The van der Waals surface area contributed by atoms with Crippen molar-refractivity contribution >= 4 is 0 Å². The quantitative estimate of drug-likeness (QED) is 0.671. The standard InChI is InChI=1S/C24H24O3/c1-24(2)23(17-9-11-18(25)12-10-17)22(16-7-5-4-6-8-16)20-14-13-19(26-3)15-21(20)27-24/h4-15,22-23,25H,1-3H3/t22-,23-/m0/s1. The zero-order valence-corrected chi connectivity index (χ0v) is 15.8. The maximum absolute atomic E-state index is 9.74. The average Bonchev–Trinajstić information content (AvgIpc) is 2.67. The highest BCUT2D eigenvalue weighted by molar-refractivity contribution is 5.52. The van der Waals surface area contributed by atoms with Gasteiger partial charge < -0.3 is 14.6 Å². The van der Waals surface area contributed by atoms with Gasteiger partial charge in [-0.3, -0.25) is 0 Å². The lowest BCUT2D eigenvalue weighted by Crippen LogP contribution is -2.43. The molecule has 1 aliphatic rings. The molecule has 1 N–H and O–H groups in total. The topological polar surface area (TPSA) is 38.7 Å². The van der Waals surface area contributed by atoms with Crippen molar-refractivity contribution in [2.75, 3.05) is 7.11 Å². The van der Waals surface area contributed by atoms with Crippen LogP contribution in [0.5, 0.6) is 17.2 Å². The normalized spacial score (nSPS) is 20.4. The first-order chi connectivity index (χ1) is 13.0. The number of hydrogen-bond acceptors (Lipinski definition) is 3. The number of methoxy groups -OCH3 is 1. The van der Waals surface area contributed by atoms with Crippen LogP contribution in [-0.2, 0) is 0 Å². The lowest BCUT2D eigenvalue weighted by Gasteiger charge is -2.45. The van der Waals surface area contributed by atoms with Crippen molar-refractivity contribution in [1.29, 1.82) is 0 Å². The lowest BCUT2D eigenvalue weighted by molar-refractivity contribution is 0.0528. The van der Waals surface area contributed by atoms with Crippen molar-refractivity contribution < 1.29 is 14.6 Å². The summed E-state index contributed by atoms with van der Waals surface area (Å²) in [6, 6.07) is 24.1. The Morgan fingerprint density at radius 1 is 0.889 bits per heavy atom. The molecule has 3 heteroatoms. The second-order valence-electron chi connectivity index (χ2n) is 7.57. The van der Waals surface area contributed by atoms with E-state index >= 15 is 0 Å². The van der Waals surface area contributed by atoms with E-state index < -0.39 is 5.60 Å². The van der Waals surface area contributed by atoms with Crippen LogP contribution in [0.4, 0.5) is 0 Å². The molecule has 3 nitrogen and oxygen atoms in total. The highest BCUT2D eigenvalue weighted by atomic mass is 16.5. The van der Waals surface area contributed by atoms with Crippen molar-refractivity contribution in [1.82, 2.24) is 0 Å². The molecule has 0 bridgehead atoms. The zero-order chi connectivity index (χ0) is 19.0. The van der Waals surface area contributed by atoms with Crippen LogP contribution in [0.1, 0.15) is 42.4 Å². The Balaban J connectivity index is 1.93. The fourth-order valence-electron chi connectivity index (χ4n) is 4.22. The molecule has 0 unspecified atom stereocenters. The Morgan fingerprint density at radius 2 is 1.59 bits per heavy atom. The summed E-state index contributed by atoms with van der Waals surface area (Å²) in [6.45, 7) is 4.26. The first-order valence-corrected chi connectivity index (χ1v) is 9.20. The number of phenolic OH excluding ortho intramolecular Hbond substituents is 1. The SMILES string of the molecule is COc1ccc2c(c1)OC(C)(C)[C@@H](c1ccc(O)cc1)[C@H]2c1ccccc1. The van der Waals surface area contributed by atoms with Gasteiger partial charge in [-0.25, -0.2) is 0 Å². The van der Waals surface area contributed by atoms with E-state index in [1.165, 1.54) is 5.56 Å². The molecule has 0 fully saturated rings. The molecule has 0 spiro atoms. The number of fused-ring (bicyclic) bond motifs is 1. The molecule has 0 saturated carbocycles. The van der Waals surface area contributed by atoms with E-state index in [1.54, 1.807) is 19.2 Å². The van der Waals surface area contributed by atoms with Gasteiger partial charge in [0.15, 0.2) is 0 Å². The molecule has 0 saturated heterocycles. The molecule has 27 heavy (non-hydrogen) atoms. The number of benzene rings is 3. The highest BCUT2D eigenvalue weighted by Crippen LogP contribution is 2.53. The van der Waals surface area contributed by atoms with E-state index in [0.717, 1.165) is 22.6 Å². The van der Waals surface area contributed by atoms with E-state index in [1.807, 2.05) is 30.3 Å². The number of rotatable bonds is 3. The maximum Gasteiger partial charge on any atom is 0.127 e.